The quantitative estimate of drug-likeness (QED) is 0.823. The van der Waals surface area contributed by atoms with E-state index in [0.717, 1.165) is 10.6 Å². The first-order valence-electron chi connectivity index (χ1n) is 6.35. The van der Waals surface area contributed by atoms with Gasteiger partial charge < -0.3 is 9.47 Å². The Kier molecular flexibility index (Phi) is 4.64. The van der Waals surface area contributed by atoms with E-state index < -0.39 is 10.8 Å². The van der Waals surface area contributed by atoms with Gasteiger partial charge in [0.2, 0.25) is 0 Å². The van der Waals surface area contributed by atoms with Crippen LogP contribution in [0.15, 0.2) is 23.1 Å². The molecular weight excluding hydrogens is 248 g/mol. The molecule has 0 radical (unpaired) electrons. The topological polar surface area (TPSA) is 35.5 Å². The highest BCUT2D eigenvalue weighted by Crippen LogP contribution is 2.31. The molecule has 0 aromatic heterocycles. The molecule has 0 N–H and O–H groups in total. The molecule has 0 unspecified atom stereocenters. The third-order valence-electron chi connectivity index (χ3n) is 3.48. The second-order valence-electron chi connectivity index (χ2n) is 4.68. The van der Waals surface area contributed by atoms with Gasteiger partial charge in [0, 0.05) is 16.7 Å². The van der Waals surface area contributed by atoms with Crippen LogP contribution in [-0.2, 0) is 10.8 Å². The lowest BCUT2D eigenvalue weighted by Gasteiger charge is -2.11. The van der Waals surface area contributed by atoms with E-state index in [1.165, 1.54) is 25.7 Å². The van der Waals surface area contributed by atoms with Crippen molar-refractivity contribution >= 4 is 10.8 Å². The van der Waals surface area contributed by atoms with E-state index in [1.807, 2.05) is 18.2 Å². The van der Waals surface area contributed by atoms with Crippen molar-refractivity contribution in [2.75, 3.05) is 20.0 Å². The second kappa shape index (κ2) is 6.23. The van der Waals surface area contributed by atoms with Crippen molar-refractivity contribution in [1.29, 1.82) is 0 Å². The lowest BCUT2D eigenvalue weighted by molar-refractivity contribution is 0.354. The van der Waals surface area contributed by atoms with Crippen molar-refractivity contribution in [1.82, 2.24) is 0 Å². The van der Waals surface area contributed by atoms with E-state index in [2.05, 4.69) is 0 Å². The summed E-state index contributed by atoms with van der Waals surface area (Å²) in [7, 11) is 2.27. The zero-order valence-electron chi connectivity index (χ0n) is 11.0. The molecule has 0 saturated heterocycles. The van der Waals surface area contributed by atoms with Crippen LogP contribution >= 0.6 is 0 Å². The minimum Gasteiger partial charge on any atom is -0.493 e. The third-order valence-corrected chi connectivity index (χ3v) is 5.03. The van der Waals surface area contributed by atoms with Gasteiger partial charge in [0.25, 0.3) is 0 Å². The van der Waals surface area contributed by atoms with E-state index in [-0.39, 0.29) is 0 Å². The second-order valence-corrected chi connectivity index (χ2v) is 6.18. The Labute approximate surface area is 111 Å². The summed E-state index contributed by atoms with van der Waals surface area (Å²) in [4.78, 5) is 0.833. The van der Waals surface area contributed by atoms with Gasteiger partial charge in [-0.3, -0.25) is 4.21 Å². The zero-order chi connectivity index (χ0) is 13.0. The van der Waals surface area contributed by atoms with E-state index in [0.29, 0.717) is 17.4 Å². The molecule has 100 valence electrons. The summed E-state index contributed by atoms with van der Waals surface area (Å²) < 4.78 is 22.7. The first-order chi connectivity index (χ1) is 8.74. The molecule has 18 heavy (non-hydrogen) atoms. The van der Waals surface area contributed by atoms with Gasteiger partial charge in [0.05, 0.1) is 25.0 Å². The molecule has 1 aromatic carbocycles. The molecule has 3 nitrogen and oxygen atoms in total. The third kappa shape index (κ3) is 3.05. The number of hydrogen-bond donors (Lipinski definition) is 0. The van der Waals surface area contributed by atoms with Crippen LogP contribution in [0.2, 0.25) is 0 Å². The Morgan fingerprint density at radius 1 is 1.17 bits per heavy atom. The Morgan fingerprint density at radius 3 is 2.44 bits per heavy atom. The fourth-order valence-corrected chi connectivity index (χ4v) is 3.86. The Hall–Kier alpha value is -1.03. The van der Waals surface area contributed by atoms with Gasteiger partial charge >= 0.3 is 0 Å². The SMILES string of the molecule is COc1ccc([S@@](=O)CC2CCCC2)cc1OC. The van der Waals surface area contributed by atoms with Crippen LogP contribution in [0.1, 0.15) is 25.7 Å². The van der Waals surface area contributed by atoms with E-state index in [9.17, 15) is 4.21 Å². The van der Waals surface area contributed by atoms with Crippen LogP contribution in [-0.4, -0.2) is 24.2 Å². The van der Waals surface area contributed by atoms with Crippen molar-refractivity contribution in [3.8, 4) is 11.5 Å². The van der Waals surface area contributed by atoms with Crippen LogP contribution in [0.25, 0.3) is 0 Å². The molecule has 4 heteroatoms. The van der Waals surface area contributed by atoms with E-state index >= 15 is 0 Å². The summed E-state index contributed by atoms with van der Waals surface area (Å²) >= 11 is 0. The Bertz CT molecular complexity index is 425. The Morgan fingerprint density at radius 2 is 1.83 bits per heavy atom. The summed E-state index contributed by atoms with van der Waals surface area (Å²) in [6.45, 7) is 0. The van der Waals surface area contributed by atoms with Crippen LogP contribution in [0.3, 0.4) is 0 Å². The molecule has 1 fully saturated rings. The van der Waals surface area contributed by atoms with Gasteiger partial charge in [-0.2, -0.15) is 0 Å². The molecule has 0 aliphatic heterocycles. The molecule has 1 aliphatic rings. The minimum atomic E-state index is -0.931. The number of ether oxygens (including phenoxy) is 2. The first kappa shape index (κ1) is 13.4. The number of benzene rings is 1. The minimum absolute atomic E-state index is 0.624. The predicted molar refractivity (Wildman–Crippen MR) is 72.8 cm³/mol. The molecule has 2 rings (SSSR count). The number of rotatable bonds is 5. The van der Waals surface area contributed by atoms with Gasteiger partial charge in [-0.15, -0.1) is 0 Å². The highest BCUT2D eigenvalue weighted by atomic mass is 32.2. The van der Waals surface area contributed by atoms with Crippen molar-refractivity contribution < 1.29 is 13.7 Å². The molecular formula is C14H20O3S. The summed E-state index contributed by atoms with van der Waals surface area (Å²) in [6, 6.07) is 5.51. The summed E-state index contributed by atoms with van der Waals surface area (Å²) in [5.74, 6) is 2.72. The van der Waals surface area contributed by atoms with Gasteiger partial charge in [-0.25, -0.2) is 0 Å². The fourth-order valence-electron chi connectivity index (χ4n) is 2.45. The molecule has 1 saturated carbocycles. The van der Waals surface area contributed by atoms with Crippen molar-refractivity contribution in [3.05, 3.63) is 18.2 Å². The average Bonchev–Trinajstić information content (AvgIpc) is 2.90. The fraction of sp³-hybridized carbons (Fsp3) is 0.571. The van der Waals surface area contributed by atoms with Gasteiger partial charge in [0.1, 0.15) is 0 Å². The molecule has 1 aliphatic carbocycles. The molecule has 0 heterocycles. The first-order valence-corrected chi connectivity index (χ1v) is 7.67. The highest BCUT2D eigenvalue weighted by Gasteiger charge is 2.19. The van der Waals surface area contributed by atoms with Crippen LogP contribution in [0.5, 0.6) is 11.5 Å². The van der Waals surface area contributed by atoms with E-state index in [4.69, 9.17) is 9.47 Å². The summed E-state index contributed by atoms with van der Waals surface area (Å²) in [5.41, 5.74) is 0. The number of methoxy groups -OCH3 is 2. The largest absolute Gasteiger partial charge is 0.493 e. The lowest BCUT2D eigenvalue weighted by Crippen LogP contribution is -2.08. The maximum Gasteiger partial charge on any atom is 0.161 e. The summed E-state index contributed by atoms with van der Waals surface area (Å²) in [5, 5.41) is 0. The highest BCUT2D eigenvalue weighted by molar-refractivity contribution is 7.85. The zero-order valence-corrected chi connectivity index (χ0v) is 11.8. The number of hydrogen-bond acceptors (Lipinski definition) is 3. The molecule has 0 spiro atoms. The van der Waals surface area contributed by atoms with Crippen LogP contribution in [0.4, 0.5) is 0 Å². The van der Waals surface area contributed by atoms with Crippen molar-refractivity contribution in [3.63, 3.8) is 0 Å². The molecule has 0 bridgehead atoms. The Balaban J connectivity index is 2.09. The van der Waals surface area contributed by atoms with Crippen LogP contribution < -0.4 is 9.47 Å². The van der Waals surface area contributed by atoms with Crippen LogP contribution in [0, 0.1) is 5.92 Å². The van der Waals surface area contributed by atoms with E-state index in [1.54, 1.807) is 14.2 Å². The average molecular weight is 268 g/mol. The summed E-state index contributed by atoms with van der Waals surface area (Å²) in [6.07, 6.45) is 5.01. The maximum absolute atomic E-state index is 12.3. The standard InChI is InChI=1S/C14H20O3S/c1-16-13-8-7-12(9-14(13)17-2)18(15)10-11-5-3-4-6-11/h7-9,11H,3-6,10H2,1-2H3/t18-/m0/s1. The lowest BCUT2D eigenvalue weighted by atomic mass is 10.1. The monoisotopic (exact) mass is 268 g/mol. The molecule has 1 aromatic rings. The van der Waals surface area contributed by atoms with Gasteiger partial charge in [-0.05, 0) is 30.9 Å². The van der Waals surface area contributed by atoms with Gasteiger partial charge in [0.15, 0.2) is 11.5 Å². The predicted octanol–water partition coefficient (Wildman–Crippen LogP) is 3.00. The molecule has 0 amide bonds. The maximum atomic E-state index is 12.3. The van der Waals surface area contributed by atoms with Gasteiger partial charge in [-0.1, -0.05) is 12.8 Å². The smallest absolute Gasteiger partial charge is 0.161 e. The molecule has 1 atom stereocenters. The normalized spacial score (nSPS) is 17.7. The van der Waals surface area contributed by atoms with Crippen molar-refractivity contribution in [2.24, 2.45) is 5.92 Å². The van der Waals surface area contributed by atoms with Crippen molar-refractivity contribution in [2.45, 2.75) is 30.6 Å².